The van der Waals surface area contributed by atoms with E-state index in [2.05, 4.69) is 38.3 Å². The molecule has 0 saturated carbocycles. The van der Waals surface area contributed by atoms with Crippen LogP contribution in [-0.2, 0) is 12.3 Å². The molecule has 0 spiro atoms. The summed E-state index contributed by atoms with van der Waals surface area (Å²) in [6.45, 7) is 0.297. The van der Waals surface area contributed by atoms with E-state index < -0.39 is 0 Å². The summed E-state index contributed by atoms with van der Waals surface area (Å²) in [6.07, 6.45) is 0. The van der Waals surface area contributed by atoms with Crippen molar-refractivity contribution in [2.75, 3.05) is 0 Å². The minimum atomic E-state index is -0.307. The molecule has 0 bridgehead atoms. The molecule has 0 amide bonds. The van der Waals surface area contributed by atoms with Crippen LogP contribution in [0.15, 0.2) is 74.4 Å². The molecular weight excluding hydrogens is 487 g/mol. The maximum atomic E-state index is 13.3. The summed E-state index contributed by atoms with van der Waals surface area (Å²) in [5.74, 6) is 0.897. The number of benzene rings is 2. The van der Waals surface area contributed by atoms with Crippen molar-refractivity contribution in [2.45, 2.75) is 17.5 Å². The molecule has 5 rings (SSSR count). The Morgan fingerprint density at radius 2 is 1.90 bits per heavy atom. The largest absolute Gasteiger partial charge is 0.273 e. The molecule has 0 atom stereocenters. The number of rotatable bonds is 5. The Balaban J connectivity index is 1.59. The molecule has 0 aliphatic carbocycles. The van der Waals surface area contributed by atoms with Crippen molar-refractivity contribution in [1.82, 2.24) is 19.2 Å². The third kappa shape index (κ3) is 3.57. The van der Waals surface area contributed by atoms with Crippen LogP contribution in [0.4, 0.5) is 4.39 Å². The van der Waals surface area contributed by atoms with Crippen LogP contribution in [0.1, 0.15) is 11.1 Å². The lowest BCUT2D eigenvalue weighted by atomic mass is 10.2. The zero-order valence-electron chi connectivity index (χ0n) is 15.5. The zero-order valence-corrected chi connectivity index (χ0v) is 18.7. The summed E-state index contributed by atoms with van der Waals surface area (Å²) in [6, 6.07) is 16.2. The van der Waals surface area contributed by atoms with Crippen LogP contribution < -0.4 is 5.56 Å². The third-order valence-corrected chi connectivity index (χ3v) is 7.08. The van der Waals surface area contributed by atoms with Crippen molar-refractivity contribution in [2.24, 2.45) is 0 Å². The van der Waals surface area contributed by atoms with Gasteiger partial charge in [-0.1, -0.05) is 52.0 Å². The number of nitrogens with zero attached hydrogens (tertiary/aromatic N) is 4. The SMILES string of the molecule is O=c1c2sccc2n2c(SCc3cccc(Br)c3)nnc2n1Cc1ccc(F)cc1. The fourth-order valence-corrected chi connectivity index (χ4v) is 5.44. The minimum absolute atomic E-state index is 0.118. The molecule has 5 nitrogen and oxygen atoms in total. The van der Waals surface area contributed by atoms with E-state index in [-0.39, 0.29) is 11.4 Å². The Morgan fingerprint density at radius 1 is 1.07 bits per heavy atom. The minimum Gasteiger partial charge on any atom is -0.271 e. The molecule has 0 N–H and O–H groups in total. The predicted molar refractivity (Wildman–Crippen MR) is 122 cm³/mol. The molecule has 3 heterocycles. The second-order valence-corrected chi connectivity index (χ2v) is 9.46. The summed E-state index contributed by atoms with van der Waals surface area (Å²) in [5, 5.41) is 11.3. The Labute approximate surface area is 187 Å². The normalized spacial score (nSPS) is 11.5. The van der Waals surface area contributed by atoms with E-state index in [1.165, 1.54) is 23.5 Å². The number of aromatic nitrogens is 4. The van der Waals surface area contributed by atoms with Gasteiger partial charge in [0.1, 0.15) is 10.5 Å². The number of hydrogen-bond donors (Lipinski definition) is 0. The maximum Gasteiger partial charge on any atom is 0.273 e. The van der Waals surface area contributed by atoms with E-state index in [0.29, 0.717) is 17.0 Å². The smallest absolute Gasteiger partial charge is 0.271 e. The Morgan fingerprint density at radius 3 is 2.70 bits per heavy atom. The lowest BCUT2D eigenvalue weighted by molar-refractivity contribution is 0.626. The van der Waals surface area contributed by atoms with Crippen molar-refractivity contribution in [3.05, 3.63) is 91.7 Å². The number of hydrogen-bond acceptors (Lipinski definition) is 5. The van der Waals surface area contributed by atoms with Gasteiger partial charge in [-0.2, -0.15) is 0 Å². The number of thiophene rings is 1. The molecule has 5 aromatic rings. The first-order valence-corrected chi connectivity index (χ1v) is 11.7. The first kappa shape index (κ1) is 19.5. The molecule has 2 aromatic carbocycles. The van der Waals surface area contributed by atoms with E-state index in [9.17, 15) is 9.18 Å². The van der Waals surface area contributed by atoms with Gasteiger partial charge in [0.2, 0.25) is 5.78 Å². The van der Waals surface area contributed by atoms with Gasteiger partial charge in [-0.05, 0) is 46.8 Å². The van der Waals surface area contributed by atoms with E-state index in [0.717, 1.165) is 32.0 Å². The summed E-state index contributed by atoms with van der Waals surface area (Å²) in [4.78, 5) is 13.1. The molecule has 0 fully saturated rings. The highest BCUT2D eigenvalue weighted by molar-refractivity contribution is 9.10. The molecular formula is C21H14BrFN4OS2. The summed E-state index contributed by atoms with van der Waals surface area (Å²) < 4.78 is 18.5. The van der Waals surface area contributed by atoms with Crippen LogP contribution in [0.2, 0.25) is 0 Å². The summed E-state index contributed by atoms with van der Waals surface area (Å²) in [5.41, 5.74) is 2.67. The van der Waals surface area contributed by atoms with Gasteiger partial charge in [0.25, 0.3) is 5.56 Å². The Kier molecular flexibility index (Phi) is 5.18. The molecule has 150 valence electrons. The van der Waals surface area contributed by atoms with E-state index >= 15 is 0 Å². The molecule has 30 heavy (non-hydrogen) atoms. The second kappa shape index (κ2) is 7.98. The van der Waals surface area contributed by atoms with Crippen LogP contribution in [0.25, 0.3) is 16.0 Å². The molecule has 0 aliphatic rings. The Hall–Kier alpha value is -2.49. The zero-order chi connectivity index (χ0) is 20.7. The van der Waals surface area contributed by atoms with Crippen LogP contribution in [0, 0.1) is 5.82 Å². The van der Waals surface area contributed by atoms with Gasteiger partial charge in [0, 0.05) is 10.2 Å². The van der Waals surface area contributed by atoms with Crippen LogP contribution in [0.5, 0.6) is 0 Å². The molecule has 0 saturated heterocycles. The number of halogens is 2. The topological polar surface area (TPSA) is 52.2 Å². The predicted octanol–water partition coefficient (Wildman–Crippen LogP) is 5.35. The lowest BCUT2D eigenvalue weighted by Gasteiger charge is -2.09. The van der Waals surface area contributed by atoms with Crippen molar-refractivity contribution in [3.8, 4) is 0 Å². The van der Waals surface area contributed by atoms with Gasteiger partial charge in [0.05, 0.1) is 12.1 Å². The monoisotopic (exact) mass is 500 g/mol. The summed E-state index contributed by atoms with van der Waals surface area (Å²) in [7, 11) is 0. The van der Waals surface area contributed by atoms with Crippen LogP contribution in [-0.4, -0.2) is 19.2 Å². The molecule has 0 aliphatic heterocycles. The molecule has 0 unspecified atom stereocenters. The van der Waals surface area contributed by atoms with Crippen LogP contribution >= 0.6 is 39.0 Å². The molecule has 9 heteroatoms. The van der Waals surface area contributed by atoms with Gasteiger partial charge in [-0.15, -0.1) is 21.5 Å². The first-order chi connectivity index (χ1) is 14.6. The van der Waals surface area contributed by atoms with Crippen molar-refractivity contribution in [3.63, 3.8) is 0 Å². The van der Waals surface area contributed by atoms with Gasteiger partial charge in [-0.3, -0.25) is 13.8 Å². The standard InChI is InChI=1S/C21H14BrFN4OS2/c22-15-3-1-2-14(10-15)12-30-21-25-24-20-26(11-13-4-6-16(23)7-5-13)19(28)18-17(27(20)21)8-9-29-18/h1-10H,11-12H2. The van der Waals surface area contributed by atoms with Crippen molar-refractivity contribution >= 4 is 55.0 Å². The van der Waals surface area contributed by atoms with Gasteiger partial charge in [0.15, 0.2) is 5.16 Å². The van der Waals surface area contributed by atoms with E-state index in [1.807, 2.05) is 28.0 Å². The lowest BCUT2D eigenvalue weighted by Crippen LogP contribution is -2.23. The van der Waals surface area contributed by atoms with Gasteiger partial charge >= 0.3 is 0 Å². The fourth-order valence-electron chi connectivity index (χ4n) is 3.28. The Bertz CT molecular complexity index is 1430. The fraction of sp³-hybridized carbons (Fsp3) is 0.0952. The van der Waals surface area contributed by atoms with Crippen molar-refractivity contribution in [1.29, 1.82) is 0 Å². The third-order valence-electron chi connectivity index (χ3n) is 4.69. The van der Waals surface area contributed by atoms with Gasteiger partial charge in [-0.25, -0.2) is 4.39 Å². The van der Waals surface area contributed by atoms with E-state index in [1.54, 1.807) is 28.5 Å². The summed E-state index contributed by atoms with van der Waals surface area (Å²) >= 11 is 6.47. The molecule has 3 aromatic heterocycles. The quantitative estimate of drug-likeness (QED) is 0.305. The highest BCUT2D eigenvalue weighted by atomic mass is 79.9. The van der Waals surface area contributed by atoms with Crippen LogP contribution in [0.3, 0.4) is 0 Å². The first-order valence-electron chi connectivity index (χ1n) is 9.07. The highest BCUT2D eigenvalue weighted by Gasteiger charge is 2.18. The molecule has 0 radical (unpaired) electrons. The van der Waals surface area contributed by atoms with E-state index in [4.69, 9.17) is 0 Å². The van der Waals surface area contributed by atoms with Gasteiger partial charge < -0.3 is 0 Å². The second-order valence-electron chi connectivity index (χ2n) is 6.69. The number of thioether (sulfide) groups is 1. The number of fused-ring (bicyclic) bond motifs is 3. The average Bonchev–Trinajstić information content (AvgIpc) is 3.38. The maximum absolute atomic E-state index is 13.3. The van der Waals surface area contributed by atoms with Crippen molar-refractivity contribution < 1.29 is 4.39 Å². The highest BCUT2D eigenvalue weighted by Crippen LogP contribution is 2.27. The average molecular weight is 501 g/mol.